The number of hydrogen-bond acceptors (Lipinski definition) is 3. The highest BCUT2D eigenvalue weighted by molar-refractivity contribution is 6.62. The first-order chi connectivity index (χ1) is 5.73. The van der Waals surface area contributed by atoms with Gasteiger partial charge in [0.15, 0.2) is 0 Å². The molecule has 0 N–H and O–H groups in total. The second-order valence-corrected chi connectivity index (χ2v) is 6.60. The van der Waals surface area contributed by atoms with Crippen molar-refractivity contribution < 1.29 is 8.85 Å². The van der Waals surface area contributed by atoms with Crippen molar-refractivity contribution in [1.29, 1.82) is 0 Å². The van der Waals surface area contributed by atoms with Crippen LogP contribution in [0.3, 0.4) is 0 Å². The van der Waals surface area contributed by atoms with Gasteiger partial charge in [0.1, 0.15) is 0 Å². The summed E-state index contributed by atoms with van der Waals surface area (Å²) < 4.78 is 13.3. The van der Waals surface area contributed by atoms with E-state index in [1.807, 2.05) is 0 Å². The molecule has 0 radical (unpaired) electrons. The molecule has 12 heavy (non-hydrogen) atoms. The molecule has 0 aromatic heterocycles. The molecule has 1 saturated heterocycles. The van der Waals surface area contributed by atoms with E-state index in [-0.39, 0.29) is 0 Å². The maximum absolute atomic E-state index is 5.47. The predicted octanol–water partition coefficient (Wildman–Crippen LogP) is 1.33. The Labute approximate surface area is 76.0 Å². The van der Waals surface area contributed by atoms with E-state index in [0.717, 1.165) is 13.1 Å². The van der Waals surface area contributed by atoms with Crippen molar-refractivity contribution in [3.8, 4) is 0 Å². The van der Waals surface area contributed by atoms with Crippen LogP contribution in [0, 0.1) is 0 Å². The summed E-state index contributed by atoms with van der Waals surface area (Å²) in [5.41, 5.74) is 0. The van der Waals surface area contributed by atoms with Crippen LogP contribution >= 0.6 is 0 Å². The van der Waals surface area contributed by atoms with E-state index < -0.39 is 8.72 Å². The first-order valence-corrected chi connectivity index (χ1v) is 6.84. The third kappa shape index (κ3) is 2.07. The van der Waals surface area contributed by atoms with Gasteiger partial charge in [-0.15, -0.1) is 0 Å². The minimum absolute atomic E-state index is 1.14. The highest BCUT2D eigenvalue weighted by Gasteiger charge is 2.38. The average molecular weight is 189 g/mol. The molecule has 1 rings (SSSR count). The van der Waals surface area contributed by atoms with Crippen LogP contribution in [0.15, 0.2) is 0 Å². The predicted molar refractivity (Wildman–Crippen MR) is 51.1 cm³/mol. The van der Waals surface area contributed by atoms with Crippen LogP contribution in [-0.2, 0) is 8.85 Å². The molecule has 0 spiro atoms. The Hall–Kier alpha value is 0.0969. The maximum atomic E-state index is 5.47. The Balaban J connectivity index is 2.51. The Morgan fingerprint density at radius 1 is 1.00 bits per heavy atom. The topological polar surface area (TPSA) is 21.7 Å². The van der Waals surface area contributed by atoms with Gasteiger partial charge in [0.2, 0.25) is 0 Å². The van der Waals surface area contributed by atoms with Crippen LogP contribution in [0.1, 0.15) is 19.3 Å². The summed E-state index contributed by atoms with van der Waals surface area (Å²) >= 11 is 0. The standard InChI is InChI=1S/C8H19NO2Si/c1-10-12(3,11-2)9-7-5-4-6-8-9/h4-8H2,1-3H3. The minimum Gasteiger partial charge on any atom is -0.386 e. The van der Waals surface area contributed by atoms with Gasteiger partial charge in [-0.05, 0) is 32.5 Å². The lowest BCUT2D eigenvalue weighted by Gasteiger charge is -2.37. The number of nitrogens with zero attached hydrogens (tertiary/aromatic N) is 1. The van der Waals surface area contributed by atoms with Crippen molar-refractivity contribution in [3.63, 3.8) is 0 Å². The molecule has 0 aromatic carbocycles. The molecule has 1 aliphatic rings. The van der Waals surface area contributed by atoms with Gasteiger partial charge in [0.25, 0.3) is 0 Å². The van der Waals surface area contributed by atoms with Crippen molar-refractivity contribution in [2.75, 3.05) is 27.3 Å². The lowest BCUT2D eigenvalue weighted by atomic mass is 10.2. The molecule has 0 saturated carbocycles. The zero-order valence-electron chi connectivity index (χ0n) is 8.30. The van der Waals surface area contributed by atoms with Crippen molar-refractivity contribution in [2.24, 2.45) is 0 Å². The molecule has 4 heteroatoms. The quantitative estimate of drug-likeness (QED) is 0.625. The van der Waals surface area contributed by atoms with Crippen molar-refractivity contribution in [1.82, 2.24) is 4.57 Å². The zero-order valence-corrected chi connectivity index (χ0v) is 9.30. The summed E-state index contributed by atoms with van der Waals surface area (Å²) in [6, 6.07) is 0. The van der Waals surface area contributed by atoms with Crippen molar-refractivity contribution >= 4 is 8.72 Å². The fourth-order valence-corrected chi connectivity index (χ4v) is 3.45. The van der Waals surface area contributed by atoms with E-state index in [1.165, 1.54) is 19.3 Å². The summed E-state index contributed by atoms with van der Waals surface area (Å²) in [7, 11) is 1.55. The van der Waals surface area contributed by atoms with E-state index in [2.05, 4.69) is 11.1 Å². The summed E-state index contributed by atoms with van der Waals surface area (Å²) in [5.74, 6) is 0. The molecule has 0 aromatic rings. The normalized spacial score (nSPS) is 21.2. The molecule has 0 atom stereocenters. The summed E-state index contributed by atoms with van der Waals surface area (Å²) in [6.07, 6.45) is 3.93. The van der Waals surface area contributed by atoms with E-state index >= 15 is 0 Å². The Bertz CT molecular complexity index is 133. The molecule has 0 amide bonds. The average Bonchev–Trinajstić information content (AvgIpc) is 2.18. The van der Waals surface area contributed by atoms with Gasteiger partial charge in [-0.2, -0.15) is 0 Å². The van der Waals surface area contributed by atoms with Gasteiger partial charge < -0.3 is 8.85 Å². The van der Waals surface area contributed by atoms with Gasteiger partial charge in [0, 0.05) is 14.2 Å². The van der Waals surface area contributed by atoms with Crippen LogP contribution in [0.5, 0.6) is 0 Å². The SMILES string of the molecule is CO[Si](C)(OC)N1CCCCC1. The second kappa shape index (κ2) is 4.37. The summed E-state index contributed by atoms with van der Waals surface area (Å²) in [6.45, 7) is 4.40. The first-order valence-electron chi connectivity index (χ1n) is 4.58. The van der Waals surface area contributed by atoms with Gasteiger partial charge >= 0.3 is 8.72 Å². The van der Waals surface area contributed by atoms with Crippen molar-refractivity contribution in [3.05, 3.63) is 0 Å². The molecule has 1 fully saturated rings. The first kappa shape index (κ1) is 10.2. The lowest BCUT2D eigenvalue weighted by Crippen LogP contribution is -2.56. The molecular formula is C8H19NO2Si. The second-order valence-electron chi connectivity index (χ2n) is 3.35. The largest absolute Gasteiger partial charge is 0.424 e. The fraction of sp³-hybridized carbons (Fsp3) is 1.00. The van der Waals surface area contributed by atoms with Crippen LogP contribution < -0.4 is 0 Å². The van der Waals surface area contributed by atoms with Gasteiger partial charge in [-0.3, -0.25) is 4.57 Å². The number of hydrogen-bond donors (Lipinski definition) is 0. The van der Waals surface area contributed by atoms with Gasteiger partial charge in [-0.25, -0.2) is 0 Å². The Morgan fingerprint density at radius 3 is 1.92 bits per heavy atom. The molecule has 0 bridgehead atoms. The molecule has 1 heterocycles. The monoisotopic (exact) mass is 189 g/mol. The summed E-state index contributed by atoms with van der Waals surface area (Å²) in [5, 5.41) is 0. The molecule has 72 valence electrons. The fourth-order valence-electron chi connectivity index (χ4n) is 1.64. The van der Waals surface area contributed by atoms with E-state index in [4.69, 9.17) is 8.85 Å². The zero-order chi connectivity index (χ0) is 9.03. The Kier molecular flexibility index (Phi) is 3.70. The highest BCUT2D eigenvalue weighted by atomic mass is 28.4. The molecule has 3 nitrogen and oxygen atoms in total. The number of piperidine rings is 1. The molecule has 0 aliphatic carbocycles. The molecule has 0 unspecified atom stereocenters. The van der Waals surface area contributed by atoms with Crippen LogP contribution in [-0.4, -0.2) is 40.6 Å². The van der Waals surface area contributed by atoms with E-state index in [0.29, 0.717) is 0 Å². The minimum atomic E-state index is -1.96. The number of rotatable bonds is 3. The Morgan fingerprint density at radius 2 is 1.50 bits per heavy atom. The van der Waals surface area contributed by atoms with Crippen LogP contribution in [0.2, 0.25) is 6.55 Å². The van der Waals surface area contributed by atoms with Crippen LogP contribution in [0.25, 0.3) is 0 Å². The van der Waals surface area contributed by atoms with Crippen LogP contribution in [0.4, 0.5) is 0 Å². The third-order valence-corrected chi connectivity index (χ3v) is 5.80. The van der Waals surface area contributed by atoms with E-state index in [9.17, 15) is 0 Å². The van der Waals surface area contributed by atoms with E-state index in [1.54, 1.807) is 14.2 Å². The summed E-state index contributed by atoms with van der Waals surface area (Å²) in [4.78, 5) is 0. The van der Waals surface area contributed by atoms with Gasteiger partial charge in [0.05, 0.1) is 0 Å². The van der Waals surface area contributed by atoms with Gasteiger partial charge in [-0.1, -0.05) is 6.42 Å². The van der Waals surface area contributed by atoms with Crippen molar-refractivity contribution in [2.45, 2.75) is 25.8 Å². The maximum Gasteiger partial charge on any atom is 0.424 e. The third-order valence-electron chi connectivity index (χ3n) is 2.69. The smallest absolute Gasteiger partial charge is 0.386 e. The molecule has 1 aliphatic heterocycles. The lowest BCUT2D eigenvalue weighted by molar-refractivity contribution is 0.156. The molecular weight excluding hydrogens is 170 g/mol. The highest BCUT2D eigenvalue weighted by Crippen LogP contribution is 2.18.